The number of hydrogen-bond acceptors (Lipinski definition) is 5. The first-order chi connectivity index (χ1) is 7.69. The molecule has 5 heteroatoms. The molecule has 1 fully saturated rings. The number of ether oxygens (including phenoxy) is 3. The van der Waals surface area contributed by atoms with E-state index in [-0.39, 0.29) is 24.4 Å². The van der Waals surface area contributed by atoms with E-state index in [1.54, 1.807) is 13.8 Å². The molecule has 5 nitrogen and oxygen atoms in total. The summed E-state index contributed by atoms with van der Waals surface area (Å²) in [6.45, 7) is 4.82. The van der Waals surface area contributed by atoms with Gasteiger partial charge in [0.05, 0.1) is 25.4 Å². The van der Waals surface area contributed by atoms with E-state index < -0.39 is 12.3 Å². The lowest BCUT2D eigenvalue weighted by molar-refractivity contribution is -0.140. The molecule has 0 amide bonds. The first kappa shape index (κ1) is 13.0. The summed E-state index contributed by atoms with van der Waals surface area (Å²) in [5, 5.41) is 9.64. The van der Waals surface area contributed by atoms with Gasteiger partial charge in [-0.2, -0.15) is 0 Å². The van der Waals surface area contributed by atoms with Crippen molar-refractivity contribution < 1.29 is 24.1 Å². The third-order valence-electron chi connectivity index (χ3n) is 2.27. The zero-order valence-corrected chi connectivity index (χ0v) is 9.69. The predicted molar refractivity (Wildman–Crippen MR) is 56.9 cm³/mol. The molecule has 0 aliphatic carbocycles. The molecule has 0 aromatic carbocycles. The Bertz CT molecular complexity index is 266. The number of hydrogen-bond donors (Lipinski definition) is 1. The summed E-state index contributed by atoms with van der Waals surface area (Å²) in [7, 11) is 0. The highest BCUT2D eigenvalue weighted by Gasteiger charge is 2.24. The monoisotopic (exact) mass is 230 g/mol. The van der Waals surface area contributed by atoms with Crippen LogP contribution in [0.25, 0.3) is 0 Å². The van der Waals surface area contributed by atoms with Gasteiger partial charge in [-0.05, 0) is 6.92 Å². The fourth-order valence-electron chi connectivity index (χ4n) is 1.44. The number of carbonyl (C=O) groups is 1. The van der Waals surface area contributed by atoms with Crippen LogP contribution in [0.4, 0.5) is 0 Å². The van der Waals surface area contributed by atoms with Crippen molar-refractivity contribution >= 4 is 5.97 Å². The van der Waals surface area contributed by atoms with Crippen LogP contribution in [-0.4, -0.2) is 37.2 Å². The highest BCUT2D eigenvalue weighted by Crippen LogP contribution is 2.19. The van der Waals surface area contributed by atoms with Gasteiger partial charge in [0.1, 0.15) is 5.76 Å². The second-order valence-electron chi connectivity index (χ2n) is 3.37. The molecule has 1 heterocycles. The van der Waals surface area contributed by atoms with E-state index in [9.17, 15) is 9.90 Å². The zero-order valence-electron chi connectivity index (χ0n) is 9.69. The first-order valence-electron chi connectivity index (χ1n) is 5.50. The van der Waals surface area contributed by atoms with Crippen molar-refractivity contribution in [1.29, 1.82) is 0 Å². The molecule has 0 spiro atoms. The fraction of sp³-hybridized carbons (Fsp3) is 0.727. The van der Waals surface area contributed by atoms with Crippen LogP contribution in [0.1, 0.15) is 26.7 Å². The molecule has 16 heavy (non-hydrogen) atoms. The lowest BCUT2D eigenvalue weighted by Gasteiger charge is -2.13. The van der Waals surface area contributed by atoms with E-state index in [0.29, 0.717) is 19.6 Å². The maximum atomic E-state index is 11.6. The molecule has 0 unspecified atom stereocenters. The summed E-state index contributed by atoms with van der Waals surface area (Å²) in [4.78, 5) is 11.6. The van der Waals surface area contributed by atoms with Crippen molar-refractivity contribution in [3.05, 3.63) is 11.3 Å². The van der Waals surface area contributed by atoms with Crippen LogP contribution >= 0.6 is 0 Å². The summed E-state index contributed by atoms with van der Waals surface area (Å²) >= 11 is 0. The van der Waals surface area contributed by atoms with Crippen LogP contribution in [0.2, 0.25) is 0 Å². The average molecular weight is 230 g/mol. The van der Waals surface area contributed by atoms with Gasteiger partial charge in [-0.15, -0.1) is 0 Å². The van der Waals surface area contributed by atoms with E-state index in [4.69, 9.17) is 14.2 Å². The second kappa shape index (κ2) is 6.50. The molecule has 0 saturated carbocycles. The van der Waals surface area contributed by atoms with Crippen LogP contribution in [0.3, 0.4) is 0 Å². The van der Waals surface area contributed by atoms with Gasteiger partial charge in [0.25, 0.3) is 0 Å². The van der Waals surface area contributed by atoms with Gasteiger partial charge in [-0.3, -0.25) is 0 Å². The summed E-state index contributed by atoms with van der Waals surface area (Å²) in [6.07, 6.45) is 0.174. The molecule has 1 rings (SSSR count). The summed E-state index contributed by atoms with van der Waals surface area (Å²) in [5.41, 5.74) is 0.247. The zero-order chi connectivity index (χ0) is 12.0. The Balaban J connectivity index is 2.67. The minimum atomic E-state index is -0.499. The quantitative estimate of drug-likeness (QED) is 0.441. The number of aliphatic hydroxyl groups is 1. The fourth-order valence-corrected chi connectivity index (χ4v) is 1.44. The Morgan fingerprint density at radius 1 is 1.38 bits per heavy atom. The van der Waals surface area contributed by atoms with Crippen molar-refractivity contribution in [2.45, 2.75) is 33.0 Å². The summed E-state index contributed by atoms with van der Waals surface area (Å²) in [5.74, 6) is -0.460. The van der Waals surface area contributed by atoms with Crippen molar-refractivity contribution in [2.75, 3.05) is 19.8 Å². The standard InChI is InChI=1S/C11H18O5/c1-3-9(12)8(11(13)14-4-2)7-10-15-5-6-16-10/h10,12H,3-7H2,1-2H3/b9-8-. The maximum absolute atomic E-state index is 11.6. The van der Waals surface area contributed by atoms with E-state index in [1.807, 2.05) is 0 Å². The van der Waals surface area contributed by atoms with Gasteiger partial charge in [-0.25, -0.2) is 4.79 Å². The highest BCUT2D eigenvalue weighted by atomic mass is 16.7. The predicted octanol–water partition coefficient (Wildman–Crippen LogP) is 1.53. The van der Waals surface area contributed by atoms with Gasteiger partial charge >= 0.3 is 5.97 Å². The van der Waals surface area contributed by atoms with Crippen molar-refractivity contribution in [1.82, 2.24) is 0 Å². The topological polar surface area (TPSA) is 65.0 Å². The average Bonchev–Trinajstić information content (AvgIpc) is 2.78. The second-order valence-corrected chi connectivity index (χ2v) is 3.37. The van der Waals surface area contributed by atoms with E-state index in [1.165, 1.54) is 0 Å². The molecule has 1 saturated heterocycles. The molecule has 1 N–H and O–H groups in total. The molecule has 92 valence electrons. The Hall–Kier alpha value is -1.07. The third kappa shape index (κ3) is 3.50. The van der Waals surface area contributed by atoms with E-state index in [2.05, 4.69) is 0 Å². The SMILES string of the molecule is CCOC(=O)/C(CC1OCCO1)=C(\O)CC. The minimum absolute atomic E-state index is 0.0394. The van der Waals surface area contributed by atoms with Gasteiger partial charge in [-0.1, -0.05) is 6.92 Å². The maximum Gasteiger partial charge on any atom is 0.337 e. The van der Waals surface area contributed by atoms with Crippen LogP contribution in [0.5, 0.6) is 0 Å². The lowest BCUT2D eigenvalue weighted by Crippen LogP contribution is -2.17. The van der Waals surface area contributed by atoms with Crippen molar-refractivity contribution in [3.8, 4) is 0 Å². The van der Waals surface area contributed by atoms with Crippen LogP contribution in [-0.2, 0) is 19.0 Å². The summed E-state index contributed by atoms with van der Waals surface area (Å²) in [6, 6.07) is 0. The molecule has 0 aromatic heterocycles. The van der Waals surface area contributed by atoms with Gasteiger partial charge < -0.3 is 19.3 Å². The Morgan fingerprint density at radius 2 is 2.00 bits per heavy atom. The Labute approximate surface area is 95.0 Å². The van der Waals surface area contributed by atoms with Crippen LogP contribution in [0, 0.1) is 0 Å². The molecular formula is C11H18O5. The van der Waals surface area contributed by atoms with E-state index >= 15 is 0 Å². The molecule has 1 aliphatic heterocycles. The largest absolute Gasteiger partial charge is 0.512 e. The third-order valence-corrected chi connectivity index (χ3v) is 2.27. The molecule has 0 radical (unpaired) electrons. The van der Waals surface area contributed by atoms with Gasteiger partial charge in [0, 0.05) is 12.8 Å². The van der Waals surface area contributed by atoms with Crippen LogP contribution in [0.15, 0.2) is 11.3 Å². The molecule has 0 atom stereocenters. The first-order valence-corrected chi connectivity index (χ1v) is 5.50. The molecular weight excluding hydrogens is 212 g/mol. The smallest absolute Gasteiger partial charge is 0.337 e. The normalized spacial score (nSPS) is 18.4. The van der Waals surface area contributed by atoms with Gasteiger partial charge in [0.15, 0.2) is 6.29 Å². The number of carbonyl (C=O) groups excluding carboxylic acids is 1. The van der Waals surface area contributed by atoms with Crippen molar-refractivity contribution in [2.24, 2.45) is 0 Å². The molecule has 0 bridgehead atoms. The minimum Gasteiger partial charge on any atom is -0.512 e. The molecule has 0 aromatic rings. The van der Waals surface area contributed by atoms with Crippen LogP contribution < -0.4 is 0 Å². The number of allylic oxidation sites excluding steroid dienone is 1. The highest BCUT2D eigenvalue weighted by molar-refractivity contribution is 5.89. The van der Waals surface area contributed by atoms with Gasteiger partial charge in [0.2, 0.25) is 0 Å². The summed E-state index contributed by atoms with van der Waals surface area (Å²) < 4.78 is 15.3. The Kier molecular flexibility index (Phi) is 5.28. The molecule has 1 aliphatic rings. The number of aliphatic hydroxyl groups excluding tert-OH is 1. The number of rotatable bonds is 5. The van der Waals surface area contributed by atoms with Crippen molar-refractivity contribution in [3.63, 3.8) is 0 Å². The lowest BCUT2D eigenvalue weighted by atomic mass is 10.1. The van der Waals surface area contributed by atoms with E-state index in [0.717, 1.165) is 0 Å². The number of esters is 1. The Morgan fingerprint density at radius 3 is 2.50 bits per heavy atom.